The second-order valence-corrected chi connectivity index (χ2v) is 6.36. The van der Waals surface area contributed by atoms with E-state index in [4.69, 9.17) is 0 Å². The third-order valence-corrected chi connectivity index (χ3v) is 4.02. The lowest BCUT2D eigenvalue weighted by Gasteiger charge is -2.17. The summed E-state index contributed by atoms with van der Waals surface area (Å²) in [6.45, 7) is 8.68. The van der Waals surface area contributed by atoms with Crippen molar-refractivity contribution in [2.75, 3.05) is 0 Å². The van der Waals surface area contributed by atoms with E-state index in [1.807, 2.05) is 28.6 Å². The van der Waals surface area contributed by atoms with Gasteiger partial charge in [0, 0.05) is 11.1 Å². The van der Waals surface area contributed by atoms with Gasteiger partial charge in [-0.15, -0.1) is 0 Å². The minimum atomic E-state index is -0.816. The highest BCUT2D eigenvalue weighted by molar-refractivity contribution is 5.69. The van der Waals surface area contributed by atoms with Crippen molar-refractivity contribution in [2.45, 2.75) is 46.0 Å². The van der Waals surface area contributed by atoms with Gasteiger partial charge in [-0.3, -0.25) is 4.79 Å². The van der Waals surface area contributed by atoms with E-state index in [0.29, 0.717) is 11.8 Å². The fourth-order valence-electron chi connectivity index (χ4n) is 2.85. The minimum Gasteiger partial charge on any atom is -0.481 e. The van der Waals surface area contributed by atoms with E-state index in [2.05, 4.69) is 45.9 Å². The van der Waals surface area contributed by atoms with Gasteiger partial charge in [0.2, 0.25) is 0 Å². The van der Waals surface area contributed by atoms with Crippen molar-refractivity contribution >= 4 is 5.97 Å². The van der Waals surface area contributed by atoms with E-state index < -0.39 is 5.97 Å². The first kappa shape index (κ1) is 16.3. The van der Waals surface area contributed by atoms with Gasteiger partial charge in [0.05, 0.1) is 7.05 Å². The summed E-state index contributed by atoms with van der Waals surface area (Å²) in [6.07, 6.45) is 3.89. The molecule has 118 valence electrons. The van der Waals surface area contributed by atoms with Crippen LogP contribution in [0.3, 0.4) is 0 Å². The van der Waals surface area contributed by atoms with Crippen molar-refractivity contribution in [3.8, 4) is 5.69 Å². The molecule has 0 fully saturated rings. The summed E-state index contributed by atoms with van der Waals surface area (Å²) in [5, 5.41) is 9.21. The molecule has 0 spiro atoms. The lowest BCUT2D eigenvalue weighted by atomic mass is 9.92. The van der Waals surface area contributed by atoms with E-state index in [1.165, 1.54) is 11.1 Å². The number of rotatable bonds is 5. The van der Waals surface area contributed by atoms with Crippen LogP contribution in [0.25, 0.3) is 5.69 Å². The lowest BCUT2D eigenvalue weighted by molar-refractivity contribution is -0.677. The molecule has 0 saturated carbocycles. The first-order valence-electron chi connectivity index (χ1n) is 7.73. The van der Waals surface area contributed by atoms with Crippen LogP contribution in [0.5, 0.6) is 0 Å². The largest absolute Gasteiger partial charge is 0.481 e. The number of para-hydroxylation sites is 1. The molecule has 0 unspecified atom stereocenters. The number of aryl methyl sites for hydroxylation is 1. The van der Waals surface area contributed by atoms with E-state index in [-0.39, 0.29) is 6.42 Å². The summed E-state index contributed by atoms with van der Waals surface area (Å²) in [5.74, 6) is 0.712. The number of hydrogen-bond donors (Lipinski definition) is 1. The van der Waals surface area contributed by atoms with Crippen LogP contribution in [0.4, 0.5) is 0 Å². The molecule has 1 aromatic carbocycles. The first-order valence-corrected chi connectivity index (χ1v) is 7.73. The molecule has 0 amide bonds. The van der Waals surface area contributed by atoms with Crippen molar-refractivity contribution in [1.29, 1.82) is 0 Å². The third-order valence-electron chi connectivity index (χ3n) is 4.02. The molecule has 2 rings (SSSR count). The van der Waals surface area contributed by atoms with Crippen LogP contribution in [0.15, 0.2) is 30.6 Å². The number of aromatic nitrogens is 2. The van der Waals surface area contributed by atoms with Gasteiger partial charge in [0.25, 0.3) is 5.82 Å². The molecular formula is C18H25N2O2+. The molecule has 0 aliphatic rings. The Balaban J connectivity index is 2.73. The molecule has 0 saturated heterocycles. The Hall–Kier alpha value is -2.10. The zero-order valence-corrected chi connectivity index (χ0v) is 14.0. The maximum absolute atomic E-state index is 11.2. The van der Waals surface area contributed by atoms with Gasteiger partial charge in [-0.05, 0) is 11.8 Å². The fourth-order valence-corrected chi connectivity index (χ4v) is 2.85. The molecule has 0 aliphatic carbocycles. The molecule has 2 aromatic rings. The molecule has 1 aromatic heterocycles. The summed E-state index contributed by atoms with van der Waals surface area (Å²) >= 11 is 0. The summed E-state index contributed by atoms with van der Waals surface area (Å²) in [4.78, 5) is 11.2. The molecule has 0 radical (unpaired) electrons. The Morgan fingerprint density at radius 3 is 2.18 bits per heavy atom. The number of carbonyl (C=O) groups is 1. The highest BCUT2D eigenvalue weighted by Gasteiger charge is 2.25. The quantitative estimate of drug-likeness (QED) is 0.862. The van der Waals surface area contributed by atoms with Crippen LogP contribution in [0, 0.1) is 0 Å². The van der Waals surface area contributed by atoms with Gasteiger partial charge in [-0.1, -0.05) is 45.9 Å². The number of imidazole rings is 1. The standard InChI is InChI=1S/C18H24N2O2/c1-12(2)14-7-6-8-15(13(3)4)18(14)20-10-9-19(5)16(20)11-17(21)22/h6-10,12-13H,11H2,1-5H3/p+1. The monoisotopic (exact) mass is 301 g/mol. The maximum Gasteiger partial charge on any atom is 0.315 e. The second kappa shape index (κ2) is 6.34. The Kier molecular flexibility index (Phi) is 4.69. The molecule has 22 heavy (non-hydrogen) atoms. The van der Waals surface area contributed by atoms with Crippen molar-refractivity contribution in [1.82, 2.24) is 4.57 Å². The SMILES string of the molecule is CC(C)c1cccc(C(C)C)c1-n1cc[n+](C)c1CC(=O)O. The number of nitrogens with zero attached hydrogens (tertiary/aromatic N) is 2. The molecule has 0 atom stereocenters. The van der Waals surface area contributed by atoms with Crippen LogP contribution in [0.2, 0.25) is 0 Å². The van der Waals surface area contributed by atoms with E-state index in [1.54, 1.807) is 0 Å². The Bertz CT molecular complexity index is 658. The summed E-state index contributed by atoms with van der Waals surface area (Å²) in [6, 6.07) is 6.36. The zero-order valence-electron chi connectivity index (χ0n) is 14.0. The van der Waals surface area contributed by atoms with Crippen LogP contribution in [-0.2, 0) is 18.3 Å². The molecule has 4 heteroatoms. The molecule has 1 N–H and O–H groups in total. The minimum absolute atomic E-state index is 0.00741. The van der Waals surface area contributed by atoms with Gasteiger partial charge in [-0.2, -0.15) is 4.57 Å². The third kappa shape index (κ3) is 3.06. The van der Waals surface area contributed by atoms with Gasteiger partial charge in [0.1, 0.15) is 24.5 Å². The van der Waals surface area contributed by atoms with Crippen LogP contribution < -0.4 is 4.57 Å². The first-order chi connectivity index (χ1) is 10.3. The van der Waals surface area contributed by atoms with Crippen molar-refractivity contribution in [2.24, 2.45) is 7.05 Å². The lowest BCUT2D eigenvalue weighted by Crippen LogP contribution is -2.33. The Labute approximate surface area is 132 Å². The van der Waals surface area contributed by atoms with Crippen LogP contribution in [-0.4, -0.2) is 15.6 Å². The van der Waals surface area contributed by atoms with E-state index in [9.17, 15) is 9.90 Å². The number of carboxylic acid groups (broad SMARTS) is 1. The average molecular weight is 301 g/mol. The highest BCUT2D eigenvalue weighted by Crippen LogP contribution is 2.31. The molecular weight excluding hydrogens is 276 g/mol. The molecule has 1 heterocycles. The predicted molar refractivity (Wildman–Crippen MR) is 86.5 cm³/mol. The normalized spacial score (nSPS) is 11.4. The summed E-state index contributed by atoms with van der Waals surface area (Å²) in [5.41, 5.74) is 3.62. The summed E-state index contributed by atoms with van der Waals surface area (Å²) in [7, 11) is 1.89. The van der Waals surface area contributed by atoms with Crippen molar-refractivity contribution < 1.29 is 14.5 Å². The van der Waals surface area contributed by atoms with Gasteiger partial charge in [-0.25, -0.2) is 4.57 Å². The summed E-state index contributed by atoms with van der Waals surface area (Å²) < 4.78 is 3.92. The van der Waals surface area contributed by atoms with Crippen LogP contribution in [0.1, 0.15) is 56.5 Å². The number of carboxylic acids is 1. The second-order valence-electron chi connectivity index (χ2n) is 6.36. The molecule has 0 aliphatic heterocycles. The topological polar surface area (TPSA) is 46.1 Å². The number of aliphatic carboxylic acids is 1. The van der Waals surface area contributed by atoms with E-state index >= 15 is 0 Å². The van der Waals surface area contributed by atoms with Gasteiger partial charge < -0.3 is 5.11 Å². The predicted octanol–water partition coefficient (Wildman–Crippen LogP) is 3.18. The van der Waals surface area contributed by atoms with Gasteiger partial charge >= 0.3 is 5.97 Å². The highest BCUT2D eigenvalue weighted by atomic mass is 16.4. The maximum atomic E-state index is 11.2. The zero-order chi connectivity index (χ0) is 16.4. The molecule has 4 nitrogen and oxygen atoms in total. The smallest absolute Gasteiger partial charge is 0.315 e. The van der Waals surface area contributed by atoms with Crippen LogP contribution >= 0.6 is 0 Å². The van der Waals surface area contributed by atoms with Gasteiger partial charge in [0.15, 0.2) is 0 Å². The number of hydrogen-bond acceptors (Lipinski definition) is 1. The van der Waals surface area contributed by atoms with Crippen molar-refractivity contribution in [3.63, 3.8) is 0 Å². The molecule has 0 bridgehead atoms. The average Bonchev–Trinajstić information content (AvgIpc) is 2.78. The van der Waals surface area contributed by atoms with E-state index in [0.717, 1.165) is 11.5 Å². The van der Waals surface area contributed by atoms with Crippen molar-refractivity contribution in [3.05, 3.63) is 47.5 Å². The fraction of sp³-hybridized carbons (Fsp3) is 0.444. The Morgan fingerprint density at radius 2 is 1.73 bits per heavy atom. The number of benzene rings is 1. The Morgan fingerprint density at radius 1 is 1.18 bits per heavy atom.